The van der Waals surface area contributed by atoms with E-state index in [-0.39, 0.29) is 18.3 Å². The van der Waals surface area contributed by atoms with Gasteiger partial charge in [0.15, 0.2) is 10.9 Å². The van der Waals surface area contributed by atoms with Gasteiger partial charge in [-0.05, 0) is 31.2 Å². The van der Waals surface area contributed by atoms with Crippen molar-refractivity contribution in [3.05, 3.63) is 65.1 Å². The van der Waals surface area contributed by atoms with Crippen LogP contribution < -0.4 is 9.64 Å². The molecular formula is C17H16N2O3S. The predicted molar refractivity (Wildman–Crippen MR) is 89.1 cm³/mol. The number of aryl methyl sites for hydroxylation is 1. The van der Waals surface area contributed by atoms with Crippen molar-refractivity contribution < 1.29 is 13.9 Å². The molecule has 1 aromatic carbocycles. The van der Waals surface area contributed by atoms with Crippen LogP contribution in [-0.4, -0.2) is 17.9 Å². The number of benzene rings is 1. The van der Waals surface area contributed by atoms with Crippen LogP contribution in [0.1, 0.15) is 22.0 Å². The van der Waals surface area contributed by atoms with E-state index in [4.69, 9.17) is 9.15 Å². The Labute approximate surface area is 138 Å². The summed E-state index contributed by atoms with van der Waals surface area (Å²) in [6.45, 7) is 2.17. The van der Waals surface area contributed by atoms with Crippen molar-refractivity contribution in [3.8, 4) is 5.75 Å². The largest absolute Gasteiger partial charge is 0.486 e. The molecule has 0 saturated heterocycles. The first-order chi connectivity index (χ1) is 11.1. The summed E-state index contributed by atoms with van der Waals surface area (Å²) in [5, 5.41) is 2.55. The maximum atomic E-state index is 12.4. The van der Waals surface area contributed by atoms with Crippen LogP contribution in [0.4, 0.5) is 5.13 Å². The van der Waals surface area contributed by atoms with Crippen molar-refractivity contribution in [1.82, 2.24) is 4.98 Å². The van der Waals surface area contributed by atoms with Gasteiger partial charge in [0.2, 0.25) is 0 Å². The standard InChI is InChI=1S/C17H16N2O3S/c1-12-11-23-17(18-12)19(2)16(20)15-9-8-14(22-15)10-21-13-6-4-3-5-7-13/h3-9,11H,10H2,1-2H3. The number of furan rings is 1. The Hall–Kier alpha value is -2.60. The molecule has 1 amide bonds. The smallest absolute Gasteiger partial charge is 0.295 e. The van der Waals surface area contributed by atoms with E-state index in [1.54, 1.807) is 19.2 Å². The van der Waals surface area contributed by atoms with Crippen molar-refractivity contribution >= 4 is 22.4 Å². The van der Waals surface area contributed by atoms with Crippen molar-refractivity contribution in [2.24, 2.45) is 0 Å². The van der Waals surface area contributed by atoms with E-state index in [0.717, 1.165) is 11.4 Å². The highest BCUT2D eigenvalue weighted by Crippen LogP contribution is 2.21. The topological polar surface area (TPSA) is 55.6 Å². The van der Waals surface area contributed by atoms with Crippen LogP contribution in [0.25, 0.3) is 0 Å². The lowest BCUT2D eigenvalue weighted by Gasteiger charge is -2.11. The zero-order valence-corrected chi connectivity index (χ0v) is 13.7. The van der Waals surface area contributed by atoms with E-state index in [0.29, 0.717) is 10.9 Å². The average molecular weight is 328 g/mol. The van der Waals surface area contributed by atoms with E-state index in [1.807, 2.05) is 42.6 Å². The molecule has 0 spiro atoms. The molecule has 0 aliphatic rings. The van der Waals surface area contributed by atoms with Crippen LogP contribution in [-0.2, 0) is 6.61 Å². The molecule has 3 rings (SSSR count). The highest BCUT2D eigenvalue weighted by atomic mass is 32.1. The molecule has 5 nitrogen and oxygen atoms in total. The number of thiazole rings is 1. The molecule has 6 heteroatoms. The highest BCUT2D eigenvalue weighted by Gasteiger charge is 2.19. The number of ether oxygens (including phenoxy) is 1. The summed E-state index contributed by atoms with van der Waals surface area (Å²) in [6.07, 6.45) is 0. The van der Waals surface area contributed by atoms with Crippen LogP contribution >= 0.6 is 11.3 Å². The van der Waals surface area contributed by atoms with E-state index >= 15 is 0 Å². The van der Waals surface area contributed by atoms with Crippen LogP contribution in [0, 0.1) is 6.92 Å². The van der Waals surface area contributed by atoms with E-state index in [1.165, 1.54) is 16.2 Å². The number of nitrogens with zero attached hydrogens (tertiary/aromatic N) is 2. The third kappa shape index (κ3) is 3.60. The molecule has 3 aromatic rings. The third-order valence-electron chi connectivity index (χ3n) is 3.20. The van der Waals surface area contributed by atoms with Crippen LogP contribution in [0.15, 0.2) is 52.3 Å². The van der Waals surface area contributed by atoms with Crippen LogP contribution in [0.3, 0.4) is 0 Å². The zero-order valence-electron chi connectivity index (χ0n) is 12.9. The minimum Gasteiger partial charge on any atom is -0.486 e. The predicted octanol–water partition coefficient (Wildman–Crippen LogP) is 3.90. The summed E-state index contributed by atoms with van der Waals surface area (Å²) in [5.41, 5.74) is 0.890. The van der Waals surface area contributed by atoms with Gasteiger partial charge in [-0.1, -0.05) is 18.2 Å². The lowest BCUT2D eigenvalue weighted by molar-refractivity contribution is 0.0962. The molecule has 2 heterocycles. The summed E-state index contributed by atoms with van der Waals surface area (Å²) in [4.78, 5) is 18.2. The Bertz CT molecular complexity index is 795. The number of hydrogen-bond acceptors (Lipinski definition) is 5. The minimum absolute atomic E-state index is 0.231. The van der Waals surface area contributed by atoms with Gasteiger partial charge in [0.25, 0.3) is 5.91 Å². The number of aromatic nitrogens is 1. The molecule has 0 N–H and O–H groups in total. The fourth-order valence-corrected chi connectivity index (χ4v) is 2.76. The van der Waals surface area contributed by atoms with Gasteiger partial charge >= 0.3 is 0 Å². The van der Waals surface area contributed by atoms with E-state index < -0.39 is 0 Å². The first-order valence-electron chi connectivity index (χ1n) is 7.10. The molecule has 0 saturated carbocycles. The van der Waals surface area contributed by atoms with Gasteiger partial charge in [-0.25, -0.2) is 4.98 Å². The number of para-hydroxylation sites is 1. The van der Waals surface area contributed by atoms with Crippen LogP contribution in [0.5, 0.6) is 5.75 Å². The Balaban J connectivity index is 1.65. The van der Waals surface area contributed by atoms with Crippen molar-refractivity contribution in [2.75, 3.05) is 11.9 Å². The second kappa shape index (κ2) is 6.66. The number of carbonyl (C=O) groups is 1. The van der Waals surface area contributed by atoms with E-state index in [2.05, 4.69) is 4.98 Å². The van der Waals surface area contributed by atoms with Gasteiger partial charge in [-0.3, -0.25) is 9.69 Å². The molecular weight excluding hydrogens is 312 g/mol. The first-order valence-corrected chi connectivity index (χ1v) is 7.98. The normalized spacial score (nSPS) is 10.5. The molecule has 0 fully saturated rings. The Kier molecular flexibility index (Phi) is 4.43. The summed E-state index contributed by atoms with van der Waals surface area (Å²) >= 11 is 1.42. The summed E-state index contributed by atoms with van der Waals surface area (Å²) in [7, 11) is 1.68. The fourth-order valence-electron chi connectivity index (χ4n) is 1.99. The maximum Gasteiger partial charge on any atom is 0.295 e. The molecule has 2 aromatic heterocycles. The van der Waals surface area contributed by atoms with Gasteiger partial charge in [0.1, 0.15) is 18.1 Å². The van der Waals surface area contributed by atoms with Crippen LogP contribution in [0.2, 0.25) is 0 Å². The van der Waals surface area contributed by atoms with Gasteiger partial charge in [-0.2, -0.15) is 0 Å². The second-order valence-corrected chi connectivity index (χ2v) is 5.84. The third-order valence-corrected chi connectivity index (χ3v) is 4.23. The van der Waals surface area contributed by atoms with E-state index in [9.17, 15) is 4.79 Å². The van der Waals surface area contributed by atoms with Gasteiger partial charge < -0.3 is 9.15 Å². The first kappa shape index (κ1) is 15.3. The van der Waals surface area contributed by atoms with Gasteiger partial charge in [0, 0.05) is 12.4 Å². The summed E-state index contributed by atoms with van der Waals surface area (Å²) in [5.74, 6) is 1.39. The zero-order chi connectivity index (χ0) is 16.2. The Morgan fingerprint density at radius 1 is 1.26 bits per heavy atom. The Morgan fingerprint density at radius 3 is 2.74 bits per heavy atom. The number of amides is 1. The number of carbonyl (C=O) groups excluding carboxylic acids is 1. The highest BCUT2D eigenvalue weighted by molar-refractivity contribution is 7.14. The Morgan fingerprint density at radius 2 is 2.04 bits per heavy atom. The maximum absolute atomic E-state index is 12.4. The average Bonchev–Trinajstić information content (AvgIpc) is 3.21. The summed E-state index contributed by atoms with van der Waals surface area (Å²) < 4.78 is 11.2. The fraction of sp³-hybridized carbons (Fsp3) is 0.176. The SMILES string of the molecule is Cc1csc(N(C)C(=O)c2ccc(COc3ccccc3)o2)n1. The minimum atomic E-state index is -0.231. The summed E-state index contributed by atoms with van der Waals surface area (Å²) in [6, 6.07) is 12.9. The van der Waals surface area contributed by atoms with Crippen molar-refractivity contribution in [3.63, 3.8) is 0 Å². The number of rotatable bonds is 5. The van der Waals surface area contributed by atoms with Crippen molar-refractivity contribution in [1.29, 1.82) is 0 Å². The molecule has 23 heavy (non-hydrogen) atoms. The monoisotopic (exact) mass is 328 g/mol. The lowest BCUT2D eigenvalue weighted by Crippen LogP contribution is -2.25. The molecule has 0 unspecified atom stereocenters. The molecule has 0 aliphatic heterocycles. The van der Waals surface area contributed by atoms with Crippen molar-refractivity contribution in [2.45, 2.75) is 13.5 Å². The molecule has 0 bridgehead atoms. The molecule has 0 atom stereocenters. The second-order valence-electron chi connectivity index (χ2n) is 5.00. The molecule has 0 aliphatic carbocycles. The number of hydrogen-bond donors (Lipinski definition) is 0. The lowest BCUT2D eigenvalue weighted by atomic mass is 10.3. The molecule has 118 valence electrons. The van der Waals surface area contributed by atoms with Gasteiger partial charge in [0.05, 0.1) is 5.69 Å². The van der Waals surface area contributed by atoms with Gasteiger partial charge in [-0.15, -0.1) is 11.3 Å². The quantitative estimate of drug-likeness (QED) is 0.713. The molecule has 0 radical (unpaired) electrons. The number of anilines is 1.